The molecule has 4 aromatic rings. The number of alkyl halides is 3. The Morgan fingerprint density at radius 3 is 2.38 bits per heavy atom. The van der Waals surface area contributed by atoms with Gasteiger partial charge in [0.25, 0.3) is 0 Å². The van der Waals surface area contributed by atoms with Crippen LogP contribution in [0.4, 0.5) is 19.0 Å². The van der Waals surface area contributed by atoms with Gasteiger partial charge in [0.1, 0.15) is 23.4 Å². The Morgan fingerprint density at radius 1 is 1.05 bits per heavy atom. The molecule has 2 aromatic heterocycles. The molecule has 0 radical (unpaired) electrons. The predicted molar refractivity (Wildman–Crippen MR) is 157 cm³/mol. The smallest absolute Gasteiger partial charge is 0.449 e. The Balaban J connectivity index is 1.66. The second-order valence-corrected chi connectivity index (χ2v) is 16.3. The number of hydrogen-bond donors (Lipinski definition) is 2. The first-order chi connectivity index (χ1) is 19.6. The fourth-order valence-electron chi connectivity index (χ4n) is 3.97. The van der Waals surface area contributed by atoms with E-state index >= 15 is 0 Å². The average Bonchev–Trinajstić information content (AvgIpc) is 3.38. The first kappa shape index (κ1) is 30.8. The zero-order valence-corrected chi connectivity index (χ0v) is 25.1. The molecule has 4 rings (SSSR count). The number of halogens is 3. The summed E-state index contributed by atoms with van der Waals surface area (Å²) in [5.74, 6) is -1.63. The van der Waals surface area contributed by atoms with Crippen molar-refractivity contribution < 1.29 is 31.9 Å². The molecule has 7 nitrogen and oxygen atoms in total. The summed E-state index contributed by atoms with van der Waals surface area (Å²) in [5.41, 5.74) is 2.76. The monoisotopic (exact) mass is 597 g/mol. The van der Waals surface area contributed by atoms with E-state index in [1.54, 1.807) is 0 Å². The highest BCUT2D eigenvalue weighted by Crippen LogP contribution is 2.38. The normalized spacial score (nSPS) is 13.0. The summed E-state index contributed by atoms with van der Waals surface area (Å²) in [6.45, 7) is 10.8. The molecular weight excluding hydrogens is 563 g/mol. The average molecular weight is 598 g/mol. The minimum absolute atomic E-state index is 0.0175. The second-order valence-electron chi connectivity index (χ2n) is 11.6. The number of carboxylic acids is 1. The van der Waals surface area contributed by atoms with E-state index in [9.17, 15) is 23.1 Å². The van der Waals surface area contributed by atoms with Crippen LogP contribution in [0, 0.1) is 0 Å². The predicted octanol–water partition coefficient (Wildman–Crippen LogP) is 7.84. The van der Waals surface area contributed by atoms with E-state index in [0.717, 1.165) is 29.0 Å². The molecule has 0 bridgehead atoms. The van der Waals surface area contributed by atoms with E-state index < -0.39 is 32.3 Å². The zero-order valence-electron chi connectivity index (χ0n) is 24.1. The molecule has 0 spiro atoms. The van der Waals surface area contributed by atoms with Crippen molar-refractivity contribution in [1.29, 1.82) is 0 Å². The quantitative estimate of drug-likeness (QED) is 0.180. The molecule has 2 heterocycles. The molecule has 2 N–H and O–H groups in total. The van der Waals surface area contributed by atoms with E-state index in [0.29, 0.717) is 17.8 Å². The Kier molecular flexibility index (Phi) is 8.81. The standard InChI is InChI=1S/C31H34F3N3O4Si/c1-30(2,3)42(4,5)41-23-13-9-12-21(17-23)26-19-35-28(24(36-26)16-20-10-7-6-8-11-20)37-25(29(38)39)18-22-14-15-27(40-22)31(32,33)34/h6-15,17,19,25H,16,18H2,1-5H3,(H,35,37)(H,38,39). The van der Waals surface area contributed by atoms with Gasteiger partial charge in [0, 0.05) is 18.4 Å². The van der Waals surface area contributed by atoms with Crippen LogP contribution in [-0.4, -0.2) is 35.4 Å². The third-order valence-corrected chi connectivity index (χ3v) is 11.7. The summed E-state index contributed by atoms with van der Waals surface area (Å²) in [6, 6.07) is 17.7. The fraction of sp³-hybridized carbons (Fsp3) is 0.323. The highest BCUT2D eigenvalue weighted by atomic mass is 28.4. The van der Waals surface area contributed by atoms with Crippen LogP contribution in [0.2, 0.25) is 18.1 Å². The summed E-state index contributed by atoms with van der Waals surface area (Å²) in [4.78, 5) is 21.5. The minimum Gasteiger partial charge on any atom is -0.543 e. The van der Waals surface area contributed by atoms with Crippen molar-refractivity contribution in [3.8, 4) is 17.0 Å². The van der Waals surface area contributed by atoms with Crippen molar-refractivity contribution in [2.45, 2.75) is 64.0 Å². The van der Waals surface area contributed by atoms with Crippen LogP contribution < -0.4 is 9.74 Å². The number of rotatable bonds is 10. The highest BCUT2D eigenvalue weighted by Gasteiger charge is 2.39. The van der Waals surface area contributed by atoms with Gasteiger partial charge in [0.05, 0.1) is 17.6 Å². The molecule has 0 aliphatic carbocycles. The van der Waals surface area contributed by atoms with Crippen molar-refractivity contribution in [2.75, 3.05) is 5.32 Å². The van der Waals surface area contributed by atoms with E-state index in [2.05, 4.69) is 44.2 Å². The van der Waals surface area contributed by atoms with Gasteiger partial charge in [0.15, 0.2) is 0 Å². The number of aromatic nitrogens is 2. The van der Waals surface area contributed by atoms with E-state index in [1.807, 2.05) is 54.6 Å². The molecule has 11 heteroatoms. The number of benzene rings is 2. The van der Waals surface area contributed by atoms with Crippen LogP contribution in [0.25, 0.3) is 11.3 Å². The molecule has 222 valence electrons. The Hall–Kier alpha value is -4.12. The van der Waals surface area contributed by atoms with Gasteiger partial charge in [-0.1, -0.05) is 63.2 Å². The number of nitrogens with zero attached hydrogens (tertiary/aromatic N) is 2. The highest BCUT2D eigenvalue weighted by molar-refractivity contribution is 6.74. The number of hydrogen-bond acceptors (Lipinski definition) is 6. The van der Waals surface area contributed by atoms with Crippen LogP contribution in [0.3, 0.4) is 0 Å². The molecule has 1 atom stereocenters. The van der Waals surface area contributed by atoms with Crippen molar-refractivity contribution in [1.82, 2.24) is 9.97 Å². The molecule has 0 saturated heterocycles. The second kappa shape index (κ2) is 12.0. The van der Waals surface area contributed by atoms with Crippen LogP contribution >= 0.6 is 0 Å². The number of carboxylic acid groups (broad SMARTS) is 1. The van der Waals surface area contributed by atoms with E-state index in [-0.39, 0.29) is 23.0 Å². The van der Waals surface area contributed by atoms with Gasteiger partial charge in [-0.05, 0) is 48.0 Å². The molecule has 0 fully saturated rings. The van der Waals surface area contributed by atoms with Crippen LogP contribution in [0.1, 0.15) is 43.5 Å². The third kappa shape index (κ3) is 7.58. The fourth-order valence-corrected chi connectivity index (χ4v) is 4.99. The number of furan rings is 1. The van der Waals surface area contributed by atoms with E-state index in [4.69, 9.17) is 13.8 Å². The summed E-state index contributed by atoms with van der Waals surface area (Å²) >= 11 is 0. The van der Waals surface area contributed by atoms with Crippen molar-refractivity contribution in [2.24, 2.45) is 0 Å². The first-order valence-electron chi connectivity index (χ1n) is 13.5. The van der Waals surface area contributed by atoms with Gasteiger partial charge in [-0.25, -0.2) is 14.8 Å². The summed E-state index contributed by atoms with van der Waals surface area (Å²) in [5, 5.41) is 12.8. The van der Waals surface area contributed by atoms with Crippen LogP contribution in [0.15, 0.2) is 77.3 Å². The lowest BCUT2D eigenvalue weighted by molar-refractivity contribution is -0.153. The molecule has 0 aliphatic rings. The van der Waals surface area contributed by atoms with Crippen LogP contribution in [0.5, 0.6) is 5.75 Å². The molecule has 2 aromatic carbocycles. The lowest BCUT2D eigenvalue weighted by Crippen LogP contribution is -2.43. The van der Waals surface area contributed by atoms with Crippen molar-refractivity contribution in [3.63, 3.8) is 0 Å². The Labute approximate surface area is 243 Å². The number of anilines is 1. The van der Waals surface area contributed by atoms with Gasteiger partial charge in [-0.2, -0.15) is 13.2 Å². The van der Waals surface area contributed by atoms with Crippen molar-refractivity contribution in [3.05, 3.63) is 95.7 Å². The number of aliphatic carboxylic acids is 1. The topological polar surface area (TPSA) is 97.5 Å². The van der Waals surface area contributed by atoms with Crippen molar-refractivity contribution >= 4 is 20.1 Å². The van der Waals surface area contributed by atoms with Gasteiger partial charge in [0.2, 0.25) is 14.1 Å². The molecule has 0 aliphatic heterocycles. The molecule has 0 saturated carbocycles. The Bertz CT molecular complexity index is 1530. The van der Waals surface area contributed by atoms with Crippen LogP contribution in [-0.2, 0) is 23.8 Å². The largest absolute Gasteiger partial charge is 0.543 e. The maximum absolute atomic E-state index is 13.0. The molecule has 0 amide bonds. The van der Waals surface area contributed by atoms with E-state index in [1.165, 1.54) is 6.20 Å². The SMILES string of the molecule is CC(C)(C)[Si](C)(C)Oc1cccc(-c2cnc(NC(Cc3ccc(C(F)(F)F)o3)C(=O)O)c(Cc3ccccc3)n2)c1. The summed E-state index contributed by atoms with van der Waals surface area (Å²) in [7, 11) is -2.08. The maximum atomic E-state index is 13.0. The zero-order chi connectivity index (χ0) is 30.7. The first-order valence-corrected chi connectivity index (χ1v) is 16.4. The summed E-state index contributed by atoms with van der Waals surface area (Å²) in [6.07, 6.45) is -3.11. The molecular formula is C31H34F3N3O4Si. The number of nitrogens with one attached hydrogen (secondary N) is 1. The van der Waals surface area contributed by atoms with Gasteiger partial charge < -0.3 is 19.3 Å². The number of carbonyl (C=O) groups is 1. The maximum Gasteiger partial charge on any atom is 0.449 e. The van der Waals surface area contributed by atoms with Gasteiger partial charge in [-0.3, -0.25) is 0 Å². The lowest BCUT2D eigenvalue weighted by atomic mass is 10.1. The summed E-state index contributed by atoms with van der Waals surface area (Å²) < 4.78 is 50.3. The lowest BCUT2D eigenvalue weighted by Gasteiger charge is -2.36. The van der Waals surface area contributed by atoms with Gasteiger partial charge in [-0.15, -0.1) is 0 Å². The minimum atomic E-state index is -4.67. The molecule has 42 heavy (non-hydrogen) atoms. The van der Waals surface area contributed by atoms with Gasteiger partial charge >= 0.3 is 12.1 Å². The Morgan fingerprint density at radius 2 is 1.76 bits per heavy atom. The molecule has 1 unspecified atom stereocenters. The third-order valence-electron chi connectivity index (χ3n) is 7.32.